The zero-order valence-corrected chi connectivity index (χ0v) is 28.7. The summed E-state index contributed by atoms with van der Waals surface area (Å²) in [5.41, 5.74) is 7.95. The van der Waals surface area contributed by atoms with Gasteiger partial charge < -0.3 is 31.3 Å². The van der Waals surface area contributed by atoms with Crippen LogP contribution in [-0.4, -0.2) is 81.3 Å². The number of nitrogens with one attached hydrogen (secondary N) is 3. The van der Waals surface area contributed by atoms with Gasteiger partial charge in [0.2, 0.25) is 23.6 Å². The van der Waals surface area contributed by atoms with Gasteiger partial charge in [-0.3, -0.25) is 19.2 Å². The minimum atomic E-state index is -0.996. The summed E-state index contributed by atoms with van der Waals surface area (Å²) in [6, 6.07) is 22.3. The molecule has 0 radical (unpaired) electrons. The Labute approximate surface area is 291 Å². The lowest BCUT2D eigenvalue weighted by Crippen LogP contribution is -2.58. The van der Waals surface area contributed by atoms with E-state index in [4.69, 9.17) is 10.5 Å². The van der Waals surface area contributed by atoms with Gasteiger partial charge in [0.05, 0.1) is 18.3 Å². The molecule has 13 heteroatoms. The van der Waals surface area contributed by atoms with E-state index in [1.807, 2.05) is 98.8 Å². The molecular formula is C37H44N8O5. The van der Waals surface area contributed by atoms with Gasteiger partial charge in [0.15, 0.2) is 0 Å². The number of hydrogen-bond acceptors (Lipinski definition) is 8. The second-order valence-electron chi connectivity index (χ2n) is 12.8. The number of benzene rings is 3. The second-order valence-corrected chi connectivity index (χ2v) is 12.8. The van der Waals surface area contributed by atoms with Gasteiger partial charge in [-0.05, 0) is 61.9 Å². The molecule has 262 valence electrons. The number of para-hydroxylation sites is 1. The predicted octanol–water partition coefficient (Wildman–Crippen LogP) is 2.84. The molecule has 5 N–H and O–H groups in total. The summed E-state index contributed by atoms with van der Waals surface area (Å²) in [6.45, 7) is 5.49. The SMILES string of the molecule is CN[C@@H](C)C(=O)N[C@H](C(=O)N1C[C@H](n2cc(-c3ccc(Oc4ccccc4)cc3)nn2)C[C@H]1C(=O)N[C@@H](Cc1ccccc1)C(N)=O)C(C)C. The van der Waals surface area contributed by atoms with E-state index in [0.717, 1.165) is 16.9 Å². The van der Waals surface area contributed by atoms with Gasteiger partial charge in [-0.1, -0.05) is 67.6 Å². The van der Waals surface area contributed by atoms with Gasteiger partial charge in [-0.2, -0.15) is 0 Å². The lowest BCUT2D eigenvalue weighted by Gasteiger charge is -2.31. The van der Waals surface area contributed by atoms with Crippen LogP contribution in [0.5, 0.6) is 11.5 Å². The largest absolute Gasteiger partial charge is 0.457 e. The van der Waals surface area contributed by atoms with Crippen LogP contribution in [0.4, 0.5) is 0 Å². The lowest BCUT2D eigenvalue weighted by atomic mass is 10.0. The third-order valence-electron chi connectivity index (χ3n) is 8.88. The number of primary amides is 1. The third kappa shape index (κ3) is 8.72. The maximum atomic E-state index is 14.2. The molecule has 1 aromatic heterocycles. The first-order chi connectivity index (χ1) is 24.0. The Morgan fingerprint density at radius 3 is 2.16 bits per heavy atom. The minimum absolute atomic E-state index is 0.129. The van der Waals surface area contributed by atoms with Crippen LogP contribution in [0.25, 0.3) is 11.3 Å². The van der Waals surface area contributed by atoms with Gasteiger partial charge >= 0.3 is 0 Å². The lowest BCUT2D eigenvalue weighted by molar-refractivity contribution is -0.143. The van der Waals surface area contributed by atoms with Crippen LogP contribution in [0.3, 0.4) is 0 Å². The highest BCUT2D eigenvalue weighted by Gasteiger charge is 2.44. The van der Waals surface area contributed by atoms with Gasteiger partial charge in [0.1, 0.15) is 35.3 Å². The Morgan fingerprint density at radius 2 is 1.54 bits per heavy atom. The summed E-state index contributed by atoms with van der Waals surface area (Å²) in [5, 5.41) is 17.3. The highest BCUT2D eigenvalue weighted by Crippen LogP contribution is 2.31. The monoisotopic (exact) mass is 680 g/mol. The van der Waals surface area contributed by atoms with Crippen LogP contribution in [0.2, 0.25) is 0 Å². The maximum absolute atomic E-state index is 14.2. The van der Waals surface area contributed by atoms with Crippen molar-refractivity contribution in [3.05, 3.63) is 96.7 Å². The summed E-state index contributed by atoms with van der Waals surface area (Å²) in [5.74, 6) is -0.842. The van der Waals surface area contributed by atoms with Gasteiger partial charge in [0, 0.05) is 24.9 Å². The molecule has 5 atom stereocenters. The summed E-state index contributed by atoms with van der Waals surface area (Å²) in [7, 11) is 1.66. The molecule has 2 heterocycles. The normalized spacial score (nSPS) is 17.5. The fraction of sp³-hybridized carbons (Fsp3) is 0.351. The van der Waals surface area contributed by atoms with E-state index in [2.05, 4.69) is 26.3 Å². The van der Waals surface area contributed by atoms with Crippen molar-refractivity contribution >= 4 is 23.6 Å². The molecule has 0 saturated carbocycles. The Hall–Kier alpha value is -5.56. The number of carbonyl (C=O) groups excluding carboxylic acids is 4. The van der Waals surface area contributed by atoms with E-state index >= 15 is 0 Å². The predicted molar refractivity (Wildman–Crippen MR) is 188 cm³/mol. The van der Waals surface area contributed by atoms with Gasteiger partial charge in [-0.25, -0.2) is 4.68 Å². The Kier molecular flexibility index (Phi) is 11.6. The number of likely N-dealkylation sites (tertiary alicyclic amines) is 1. The number of likely N-dealkylation sites (N-methyl/N-ethyl adjacent to an activating group) is 1. The molecule has 1 fully saturated rings. The number of hydrogen-bond donors (Lipinski definition) is 4. The topological polar surface area (TPSA) is 174 Å². The highest BCUT2D eigenvalue weighted by atomic mass is 16.5. The fourth-order valence-corrected chi connectivity index (χ4v) is 5.85. The first-order valence-electron chi connectivity index (χ1n) is 16.7. The van der Waals surface area contributed by atoms with Crippen LogP contribution in [0.1, 0.15) is 38.8 Å². The number of rotatable bonds is 14. The Bertz CT molecular complexity index is 1760. The zero-order valence-electron chi connectivity index (χ0n) is 28.7. The molecule has 0 bridgehead atoms. The molecule has 5 rings (SSSR count). The molecule has 0 spiro atoms. The van der Waals surface area contributed by atoms with E-state index in [9.17, 15) is 19.2 Å². The van der Waals surface area contributed by atoms with Crippen molar-refractivity contribution in [1.29, 1.82) is 0 Å². The first-order valence-corrected chi connectivity index (χ1v) is 16.7. The molecular weight excluding hydrogens is 636 g/mol. The van der Waals surface area contributed by atoms with Crippen molar-refractivity contribution in [2.45, 2.75) is 63.8 Å². The number of nitrogens with two attached hydrogens (primary N) is 1. The quantitative estimate of drug-likeness (QED) is 0.157. The zero-order chi connectivity index (χ0) is 35.8. The summed E-state index contributed by atoms with van der Waals surface area (Å²) in [4.78, 5) is 54.9. The van der Waals surface area contributed by atoms with E-state index < -0.39 is 47.9 Å². The van der Waals surface area contributed by atoms with Crippen LogP contribution in [0, 0.1) is 5.92 Å². The van der Waals surface area contributed by atoms with E-state index in [-0.39, 0.29) is 31.2 Å². The summed E-state index contributed by atoms with van der Waals surface area (Å²) >= 11 is 0. The molecule has 13 nitrogen and oxygen atoms in total. The summed E-state index contributed by atoms with van der Waals surface area (Å²) in [6.07, 6.45) is 2.17. The van der Waals surface area contributed by atoms with Crippen LogP contribution >= 0.6 is 0 Å². The minimum Gasteiger partial charge on any atom is -0.457 e. The molecule has 0 aliphatic carbocycles. The third-order valence-corrected chi connectivity index (χ3v) is 8.88. The van der Waals surface area contributed by atoms with Crippen molar-refractivity contribution in [2.24, 2.45) is 11.7 Å². The first kappa shape index (κ1) is 35.7. The molecule has 50 heavy (non-hydrogen) atoms. The molecule has 3 aromatic carbocycles. The number of carbonyl (C=O) groups is 4. The van der Waals surface area contributed by atoms with E-state index in [1.54, 1.807) is 24.9 Å². The maximum Gasteiger partial charge on any atom is 0.246 e. The Balaban J connectivity index is 1.37. The number of aromatic nitrogens is 3. The van der Waals surface area contributed by atoms with Crippen molar-refractivity contribution in [3.8, 4) is 22.8 Å². The summed E-state index contributed by atoms with van der Waals surface area (Å²) < 4.78 is 7.56. The van der Waals surface area contributed by atoms with E-state index in [1.165, 1.54) is 4.90 Å². The number of amides is 4. The van der Waals surface area contributed by atoms with Crippen LogP contribution in [-0.2, 0) is 25.6 Å². The standard InChI is InChI=1S/C37H44N8O5/c1-23(2)33(41-35(47)24(3)39-4)37(49)44-21-27(20-32(44)36(48)40-30(34(38)46)19-25-11-7-5-8-12-25)45-22-31(42-43-45)26-15-17-29(18-16-26)50-28-13-9-6-10-14-28/h5-18,22-24,27,30,32-33,39H,19-21H2,1-4H3,(H2,38,46)(H,40,48)(H,41,47)/t24-,27+,30-,32-,33-/m0/s1. The van der Waals surface area contributed by atoms with Crippen LogP contribution in [0.15, 0.2) is 91.1 Å². The molecule has 4 amide bonds. The van der Waals surface area contributed by atoms with Crippen LogP contribution < -0.4 is 26.4 Å². The molecule has 1 aliphatic rings. The smallest absolute Gasteiger partial charge is 0.246 e. The van der Waals surface area contributed by atoms with Crippen molar-refractivity contribution in [1.82, 2.24) is 35.8 Å². The molecule has 1 aliphatic heterocycles. The van der Waals surface area contributed by atoms with Gasteiger partial charge in [-0.15, -0.1) is 5.10 Å². The highest BCUT2D eigenvalue weighted by molar-refractivity contribution is 5.95. The van der Waals surface area contributed by atoms with E-state index in [0.29, 0.717) is 11.4 Å². The van der Waals surface area contributed by atoms with Crippen molar-refractivity contribution < 1.29 is 23.9 Å². The fourth-order valence-electron chi connectivity index (χ4n) is 5.85. The second kappa shape index (κ2) is 16.2. The van der Waals surface area contributed by atoms with Gasteiger partial charge in [0.25, 0.3) is 0 Å². The van der Waals surface area contributed by atoms with Crippen molar-refractivity contribution in [3.63, 3.8) is 0 Å². The average molecular weight is 681 g/mol. The van der Waals surface area contributed by atoms with Crippen molar-refractivity contribution in [2.75, 3.05) is 13.6 Å². The number of nitrogens with zero attached hydrogens (tertiary/aromatic N) is 4. The number of ether oxygens (including phenoxy) is 1. The average Bonchev–Trinajstić information content (AvgIpc) is 3.79. The Morgan fingerprint density at radius 1 is 0.900 bits per heavy atom. The molecule has 4 aromatic rings. The molecule has 1 saturated heterocycles. The molecule has 0 unspecified atom stereocenters.